The highest BCUT2D eigenvalue weighted by Gasteiger charge is 2.41. The van der Waals surface area contributed by atoms with Crippen molar-refractivity contribution in [2.75, 3.05) is 21.3 Å². The molecule has 6 nitrogen and oxygen atoms in total. The number of hydrogen-bond donors (Lipinski definition) is 0. The maximum absolute atomic E-state index is 13.1. The van der Waals surface area contributed by atoms with Crippen LogP contribution in [0.3, 0.4) is 0 Å². The Kier molecular flexibility index (Phi) is 5.25. The fraction of sp³-hybridized carbons (Fsp3) is 0.281. The molecular weight excluding hydrogens is 480 g/mol. The van der Waals surface area contributed by atoms with Crippen LogP contribution < -0.4 is 18.9 Å². The summed E-state index contributed by atoms with van der Waals surface area (Å²) in [5, 5.41) is 0. The molecule has 38 heavy (non-hydrogen) atoms. The van der Waals surface area contributed by atoms with Gasteiger partial charge in [0.1, 0.15) is 29.3 Å². The highest BCUT2D eigenvalue weighted by Crippen LogP contribution is 2.51. The summed E-state index contributed by atoms with van der Waals surface area (Å²) in [6, 6.07) is 14.6. The van der Waals surface area contributed by atoms with Crippen LogP contribution in [-0.4, -0.2) is 33.4 Å². The van der Waals surface area contributed by atoms with Gasteiger partial charge in [-0.05, 0) is 102 Å². The molecule has 3 aliphatic heterocycles. The van der Waals surface area contributed by atoms with E-state index in [2.05, 4.69) is 36.4 Å². The van der Waals surface area contributed by atoms with Crippen molar-refractivity contribution in [2.45, 2.75) is 31.8 Å². The second-order valence-corrected chi connectivity index (χ2v) is 10.1. The van der Waals surface area contributed by atoms with Crippen molar-refractivity contribution in [1.82, 2.24) is 0 Å². The fourth-order valence-electron chi connectivity index (χ4n) is 6.30. The summed E-state index contributed by atoms with van der Waals surface area (Å²) < 4.78 is 29.6. The van der Waals surface area contributed by atoms with Gasteiger partial charge in [-0.25, -0.2) is 0 Å². The molecule has 0 amide bonds. The number of aryl methyl sites for hydroxylation is 3. The number of carbonyl (C=O) groups is 1. The lowest BCUT2D eigenvalue weighted by Crippen LogP contribution is -2.37. The molecule has 0 N–H and O–H groups in total. The number of carbonyl (C=O) groups excluding carboxylic acids is 1. The Bertz CT molecular complexity index is 1560. The van der Waals surface area contributed by atoms with E-state index in [1.165, 1.54) is 11.1 Å². The Morgan fingerprint density at radius 2 is 1.53 bits per heavy atom. The van der Waals surface area contributed by atoms with Crippen LogP contribution in [0.2, 0.25) is 0 Å². The monoisotopic (exact) mass is 508 g/mol. The summed E-state index contributed by atoms with van der Waals surface area (Å²) in [5.41, 5.74) is 8.73. The molecule has 2 atom stereocenters. The van der Waals surface area contributed by atoms with Gasteiger partial charge in [-0.2, -0.15) is 0 Å². The van der Waals surface area contributed by atoms with Crippen molar-refractivity contribution in [1.29, 1.82) is 0 Å². The number of benzene rings is 3. The summed E-state index contributed by atoms with van der Waals surface area (Å²) >= 11 is 0. The van der Waals surface area contributed by atoms with E-state index in [0.29, 0.717) is 23.7 Å². The van der Waals surface area contributed by atoms with E-state index in [9.17, 15) is 4.79 Å². The highest BCUT2D eigenvalue weighted by atomic mass is 16.6. The van der Waals surface area contributed by atoms with Crippen LogP contribution in [0.25, 0.3) is 22.3 Å². The van der Waals surface area contributed by atoms with Crippen molar-refractivity contribution in [3.63, 3.8) is 0 Å². The number of rotatable bonds is 3. The third-order valence-corrected chi connectivity index (χ3v) is 8.14. The Morgan fingerprint density at radius 1 is 0.737 bits per heavy atom. The molecule has 192 valence electrons. The minimum atomic E-state index is -0.573. The lowest BCUT2D eigenvalue weighted by atomic mass is 9.82. The second kappa shape index (κ2) is 8.69. The first-order chi connectivity index (χ1) is 18.6. The zero-order chi connectivity index (χ0) is 26.0. The molecule has 3 aromatic rings. The van der Waals surface area contributed by atoms with Crippen molar-refractivity contribution in [3.05, 3.63) is 82.6 Å². The topological polar surface area (TPSA) is 63.2 Å². The first-order valence-electron chi connectivity index (χ1n) is 13.0. The largest absolute Gasteiger partial charge is 0.497 e. The third-order valence-electron chi connectivity index (χ3n) is 8.14. The van der Waals surface area contributed by atoms with Crippen LogP contribution in [0, 0.1) is 5.92 Å². The Labute approximate surface area is 221 Å². The molecule has 0 saturated heterocycles. The van der Waals surface area contributed by atoms with Crippen LogP contribution in [0.15, 0.2) is 65.9 Å². The normalized spacial score (nSPS) is 20.3. The Balaban J connectivity index is 1.54. The molecule has 0 aromatic heterocycles. The van der Waals surface area contributed by atoms with Gasteiger partial charge in [0.2, 0.25) is 0 Å². The van der Waals surface area contributed by atoms with E-state index in [4.69, 9.17) is 23.7 Å². The van der Waals surface area contributed by atoms with Gasteiger partial charge < -0.3 is 23.7 Å². The number of esters is 1. The Hall–Kier alpha value is -4.19. The number of methoxy groups -OCH3 is 3. The Morgan fingerprint density at radius 3 is 2.32 bits per heavy atom. The van der Waals surface area contributed by atoms with Crippen molar-refractivity contribution >= 4 is 5.97 Å². The van der Waals surface area contributed by atoms with Crippen LogP contribution in [0.4, 0.5) is 0 Å². The quantitative estimate of drug-likeness (QED) is 0.327. The van der Waals surface area contributed by atoms with Crippen LogP contribution in [-0.2, 0) is 28.8 Å². The van der Waals surface area contributed by atoms with Gasteiger partial charge in [-0.1, -0.05) is 12.1 Å². The maximum atomic E-state index is 13.1. The van der Waals surface area contributed by atoms with E-state index in [1.807, 2.05) is 18.2 Å². The zero-order valence-corrected chi connectivity index (χ0v) is 21.6. The highest BCUT2D eigenvalue weighted by molar-refractivity contribution is 5.88. The van der Waals surface area contributed by atoms with Crippen LogP contribution in [0.5, 0.6) is 23.0 Å². The van der Waals surface area contributed by atoms with Crippen molar-refractivity contribution < 1.29 is 28.5 Å². The van der Waals surface area contributed by atoms with Gasteiger partial charge in [-0.15, -0.1) is 0 Å². The molecule has 3 aromatic carbocycles. The first kappa shape index (κ1) is 23.0. The van der Waals surface area contributed by atoms with Gasteiger partial charge in [0.05, 0.1) is 21.3 Å². The van der Waals surface area contributed by atoms with Crippen molar-refractivity contribution in [3.8, 4) is 45.3 Å². The second-order valence-electron chi connectivity index (χ2n) is 10.1. The molecule has 8 rings (SSSR count). The molecule has 0 fully saturated rings. The molecule has 2 aliphatic carbocycles. The van der Waals surface area contributed by atoms with Gasteiger partial charge in [-0.3, -0.25) is 4.79 Å². The molecule has 6 bridgehead atoms. The van der Waals surface area contributed by atoms with E-state index in [-0.39, 0.29) is 5.97 Å². The van der Waals surface area contributed by atoms with Gasteiger partial charge in [0.25, 0.3) is 0 Å². The van der Waals surface area contributed by atoms with E-state index < -0.39 is 12.0 Å². The molecule has 6 heteroatoms. The first-order valence-corrected chi connectivity index (χ1v) is 13.0. The third kappa shape index (κ3) is 3.43. The van der Waals surface area contributed by atoms with E-state index in [0.717, 1.165) is 64.2 Å². The number of hydrogen-bond acceptors (Lipinski definition) is 6. The molecule has 0 radical (unpaired) electrons. The maximum Gasteiger partial charge on any atom is 0.321 e. The minimum Gasteiger partial charge on any atom is -0.497 e. The summed E-state index contributed by atoms with van der Waals surface area (Å²) in [6.07, 6.45) is 6.71. The predicted molar refractivity (Wildman–Crippen MR) is 143 cm³/mol. The summed E-state index contributed by atoms with van der Waals surface area (Å²) in [5.74, 6) is 2.68. The van der Waals surface area contributed by atoms with Crippen molar-refractivity contribution in [2.24, 2.45) is 5.92 Å². The van der Waals surface area contributed by atoms with E-state index in [1.54, 1.807) is 21.3 Å². The van der Waals surface area contributed by atoms with E-state index >= 15 is 0 Å². The van der Waals surface area contributed by atoms with Gasteiger partial charge in [0, 0.05) is 11.1 Å². The number of ether oxygens (including phenoxy) is 5. The van der Waals surface area contributed by atoms with Gasteiger partial charge >= 0.3 is 5.97 Å². The SMILES string of the molecule is COc1ccc2c(c1)CCC1=CC3C=C(Oc4c(OC)ccc5c4-c4cc-2c(OC)cc4CC5)C1C(=O)O3. The predicted octanol–water partition coefficient (Wildman–Crippen LogP) is 5.84. The fourth-order valence-corrected chi connectivity index (χ4v) is 6.30. The molecule has 3 heterocycles. The summed E-state index contributed by atoms with van der Waals surface area (Å²) in [4.78, 5) is 13.1. The average Bonchev–Trinajstić information content (AvgIpc) is 2.94. The lowest BCUT2D eigenvalue weighted by molar-refractivity contribution is -0.151. The van der Waals surface area contributed by atoms with Crippen LogP contribution >= 0.6 is 0 Å². The minimum absolute atomic E-state index is 0.266. The lowest BCUT2D eigenvalue weighted by Gasteiger charge is -2.34. The molecule has 2 unspecified atom stereocenters. The van der Waals surface area contributed by atoms with Gasteiger partial charge in [0.15, 0.2) is 11.5 Å². The molecule has 0 spiro atoms. The van der Waals surface area contributed by atoms with Crippen LogP contribution in [0.1, 0.15) is 23.1 Å². The smallest absolute Gasteiger partial charge is 0.321 e. The summed E-state index contributed by atoms with van der Waals surface area (Å²) in [7, 11) is 5.05. The molecule has 0 saturated carbocycles. The number of fused-ring (bicyclic) bond motifs is 4. The standard InChI is InChI=1S/C32H28O6/c1-34-21-9-10-23-18(12-21)6-7-20-13-22-15-28(30(20)32(33)37-22)38-31-26(35-2)11-8-17-4-5-19-14-27(36-3)25(23)16-24(19)29(17)31/h8-16,22,30H,4-7H2,1-3H3. The molecule has 5 aliphatic rings. The average molecular weight is 509 g/mol. The summed E-state index contributed by atoms with van der Waals surface area (Å²) in [6.45, 7) is 0. The zero-order valence-electron chi connectivity index (χ0n) is 21.6. The molecular formula is C32H28O6.